The summed E-state index contributed by atoms with van der Waals surface area (Å²) < 4.78 is 1.90. The van der Waals surface area contributed by atoms with Gasteiger partial charge in [0, 0.05) is 6.54 Å². The molecular formula is C13H14N6. The van der Waals surface area contributed by atoms with Crippen LogP contribution in [0.5, 0.6) is 0 Å². The summed E-state index contributed by atoms with van der Waals surface area (Å²) in [6.45, 7) is 6.42. The normalized spacial score (nSPS) is 14.1. The molecule has 0 aromatic carbocycles. The minimum absolute atomic E-state index is 0.476. The molecule has 0 aliphatic carbocycles. The number of nitriles is 1. The molecule has 96 valence electrons. The molecule has 2 aromatic heterocycles. The summed E-state index contributed by atoms with van der Waals surface area (Å²) in [7, 11) is 0. The van der Waals surface area contributed by atoms with Crippen molar-refractivity contribution in [3.05, 3.63) is 34.8 Å². The van der Waals surface area contributed by atoms with Crippen LogP contribution in [0.1, 0.15) is 22.5 Å². The lowest BCUT2D eigenvalue weighted by Crippen LogP contribution is -2.35. The van der Waals surface area contributed by atoms with Crippen LogP contribution in [0.3, 0.4) is 0 Å². The molecule has 0 fully saturated rings. The van der Waals surface area contributed by atoms with Crippen LogP contribution in [0.4, 0.5) is 5.82 Å². The Bertz CT molecular complexity index is 666. The van der Waals surface area contributed by atoms with Gasteiger partial charge in [-0.15, -0.1) is 5.10 Å². The minimum atomic E-state index is 0.476. The minimum Gasteiger partial charge on any atom is -0.347 e. The third-order valence-electron chi connectivity index (χ3n) is 3.54. The van der Waals surface area contributed by atoms with Crippen molar-refractivity contribution in [1.29, 1.82) is 5.26 Å². The van der Waals surface area contributed by atoms with Crippen LogP contribution < -0.4 is 4.90 Å². The van der Waals surface area contributed by atoms with E-state index in [4.69, 9.17) is 5.26 Å². The van der Waals surface area contributed by atoms with Gasteiger partial charge in [0.1, 0.15) is 6.07 Å². The largest absolute Gasteiger partial charge is 0.347 e. The SMILES string of the molecule is Cc1cnnc(N2CCn3nc(C#N)cc3C2)c1C. The predicted octanol–water partition coefficient (Wildman–Crippen LogP) is 1.18. The zero-order valence-electron chi connectivity index (χ0n) is 11.0. The maximum Gasteiger partial charge on any atom is 0.162 e. The second kappa shape index (κ2) is 4.35. The van der Waals surface area contributed by atoms with Crippen molar-refractivity contribution in [3.63, 3.8) is 0 Å². The van der Waals surface area contributed by atoms with Crippen LogP contribution >= 0.6 is 0 Å². The van der Waals surface area contributed by atoms with Gasteiger partial charge in [0.15, 0.2) is 11.5 Å². The molecule has 0 bridgehead atoms. The standard InChI is InChI=1S/C13H14N6/c1-9-7-15-16-13(10(9)2)18-3-4-19-12(8-18)5-11(6-14)17-19/h5,7H,3-4,8H2,1-2H3. The quantitative estimate of drug-likeness (QED) is 0.764. The molecule has 0 radical (unpaired) electrons. The molecule has 1 aliphatic rings. The van der Waals surface area contributed by atoms with E-state index >= 15 is 0 Å². The Labute approximate surface area is 111 Å². The molecule has 1 aliphatic heterocycles. The molecule has 0 N–H and O–H groups in total. The van der Waals surface area contributed by atoms with Crippen molar-refractivity contribution in [1.82, 2.24) is 20.0 Å². The third kappa shape index (κ3) is 1.93. The first-order valence-corrected chi connectivity index (χ1v) is 6.19. The van der Waals surface area contributed by atoms with E-state index in [1.807, 2.05) is 17.7 Å². The maximum absolute atomic E-state index is 8.89. The smallest absolute Gasteiger partial charge is 0.162 e. The second-order valence-electron chi connectivity index (χ2n) is 4.75. The summed E-state index contributed by atoms with van der Waals surface area (Å²) in [5.41, 5.74) is 3.82. The van der Waals surface area contributed by atoms with Gasteiger partial charge in [-0.3, -0.25) is 4.68 Å². The van der Waals surface area contributed by atoms with Crippen LogP contribution in [0.15, 0.2) is 12.3 Å². The first-order chi connectivity index (χ1) is 9.19. The Balaban J connectivity index is 1.93. The lowest BCUT2D eigenvalue weighted by atomic mass is 10.1. The average molecular weight is 254 g/mol. The summed E-state index contributed by atoms with van der Waals surface area (Å²) in [5, 5.41) is 21.4. The fraction of sp³-hybridized carbons (Fsp3) is 0.385. The summed E-state index contributed by atoms with van der Waals surface area (Å²) in [6, 6.07) is 3.92. The van der Waals surface area contributed by atoms with Gasteiger partial charge in [0.05, 0.1) is 25.0 Å². The Hall–Kier alpha value is -2.42. The molecule has 0 saturated heterocycles. The zero-order valence-corrected chi connectivity index (χ0v) is 11.0. The highest BCUT2D eigenvalue weighted by Gasteiger charge is 2.21. The Morgan fingerprint density at radius 1 is 1.32 bits per heavy atom. The average Bonchev–Trinajstić information content (AvgIpc) is 2.84. The van der Waals surface area contributed by atoms with Gasteiger partial charge in [-0.2, -0.15) is 15.5 Å². The number of aryl methyl sites for hydroxylation is 1. The predicted molar refractivity (Wildman–Crippen MR) is 69.5 cm³/mol. The summed E-state index contributed by atoms with van der Waals surface area (Å²) in [6.07, 6.45) is 1.78. The highest BCUT2D eigenvalue weighted by Crippen LogP contribution is 2.23. The third-order valence-corrected chi connectivity index (χ3v) is 3.54. The fourth-order valence-electron chi connectivity index (χ4n) is 2.32. The number of hydrogen-bond donors (Lipinski definition) is 0. The number of fused-ring (bicyclic) bond motifs is 1. The molecule has 6 heteroatoms. The molecular weight excluding hydrogens is 240 g/mol. The number of nitrogens with zero attached hydrogens (tertiary/aromatic N) is 6. The summed E-state index contributed by atoms with van der Waals surface area (Å²) in [5.74, 6) is 0.922. The first kappa shape index (κ1) is 11.7. The molecule has 3 rings (SSSR count). The second-order valence-corrected chi connectivity index (χ2v) is 4.75. The van der Waals surface area contributed by atoms with E-state index in [1.54, 1.807) is 6.20 Å². The van der Waals surface area contributed by atoms with Gasteiger partial charge in [0.25, 0.3) is 0 Å². The van der Waals surface area contributed by atoms with Crippen LogP contribution in [-0.4, -0.2) is 26.5 Å². The van der Waals surface area contributed by atoms with Gasteiger partial charge in [-0.25, -0.2) is 0 Å². The maximum atomic E-state index is 8.89. The monoisotopic (exact) mass is 254 g/mol. The highest BCUT2D eigenvalue weighted by molar-refractivity contribution is 5.49. The Morgan fingerprint density at radius 2 is 2.16 bits per heavy atom. The molecule has 3 heterocycles. The van der Waals surface area contributed by atoms with E-state index in [0.29, 0.717) is 12.2 Å². The lowest BCUT2D eigenvalue weighted by molar-refractivity contribution is 0.514. The van der Waals surface area contributed by atoms with E-state index in [-0.39, 0.29) is 0 Å². The fourth-order valence-corrected chi connectivity index (χ4v) is 2.32. The molecule has 19 heavy (non-hydrogen) atoms. The van der Waals surface area contributed by atoms with Crippen molar-refractivity contribution in [3.8, 4) is 6.07 Å². The molecule has 6 nitrogen and oxygen atoms in total. The van der Waals surface area contributed by atoms with Crippen LogP contribution in [0.25, 0.3) is 0 Å². The van der Waals surface area contributed by atoms with Crippen LogP contribution in [-0.2, 0) is 13.1 Å². The van der Waals surface area contributed by atoms with Gasteiger partial charge in [0.2, 0.25) is 0 Å². The van der Waals surface area contributed by atoms with Gasteiger partial charge in [-0.1, -0.05) is 0 Å². The lowest BCUT2D eigenvalue weighted by Gasteiger charge is -2.29. The molecule has 0 atom stereocenters. The summed E-state index contributed by atoms with van der Waals surface area (Å²) in [4.78, 5) is 2.19. The Kier molecular flexibility index (Phi) is 2.67. The van der Waals surface area contributed by atoms with Crippen molar-refractivity contribution in [2.45, 2.75) is 26.9 Å². The van der Waals surface area contributed by atoms with E-state index in [2.05, 4.69) is 33.2 Å². The Morgan fingerprint density at radius 3 is 2.95 bits per heavy atom. The van der Waals surface area contributed by atoms with Crippen molar-refractivity contribution < 1.29 is 0 Å². The molecule has 0 amide bonds. The number of hydrogen-bond acceptors (Lipinski definition) is 5. The van der Waals surface area contributed by atoms with Crippen molar-refractivity contribution in [2.75, 3.05) is 11.4 Å². The number of rotatable bonds is 1. The molecule has 0 spiro atoms. The van der Waals surface area contributed by atoms with E-state index in [1.165, 1.54) is 0 Å². The van der Waals surface area contributed by atoms with E-state index < -0.39 is 0 Å². The van der Waals surface area contributed by atoms with Crippen LogP contribution in [0.2, 0.25) is 0 Å². The molecule has 0 saturated carbocycles. The topological polar surface area (TPSA) is 70.6 Å². The number of aromatic nitrogens is 4. The van der Waals surface area contributed by atoms with Crippen molar-refractivity contribution >= 4 is 5.82 Å². The highest BCUT2D eigenvalue weighted by atomic mass is 15.4. The molecule has 2 aromatic rings. The van der Waals surface area contributed by atoms with Gasteiger partial charge >= 0.3 is 0 Å². The van der Waals surface area contributed by atoms with E-state index in [9.17, 15) is 0 Å². The van der Waals surface area contributed by atoms with E-state index in [0.717, 1.165) is 35.7 Å². The zero-order chi connectivity index (χ0) is 13.4. The van der Waals surface area contributed by atoms with Gasteiger partial charge in [-0.05, 0) is 31.0 Å². The van der Waals surface area contributed by atoms with Crippen LogP contribution in [0, 0.1) is 25.2 Å². The number of anilines is 1. The van der Waals surface area contributed by atoms with Gasteiger partial charge < -0.3 is 4.90 Å². The van der Waals surface area contributed by atoms with Crippen molar-refractivity contribution in [2.24, 2.45) is 0 Å². The first-order valence-electron chi connectivity index (χ1n) is 6.19. The summed E-state index contributed by atoms with van der Waals surface area (Å²) >= 11 is 0. The molecule has 0 unspecified atom stereocenters.